The fourth-order valence-corrected chi connectivity index (χ4v) is 1.68. The van der Waals surface area contributed by atoms with Gasteiger partial charge in [-0.15, -0.1) is 0 Å². The molecule has 0 amide bonds. The molecule has 1 saturated heterocycles. The highest BCUT2D eigenvalue weighted by atomic mass is 32.1. The van der Waals surface area contributed by atoms with Crippen LogP contribution in [0.15, 0.2) is 0 Å². The minimum atomic E-state index is -0.243. The number of carbonyl (C=O) groups is 1. The highest BCUT2D eigenvalue weighted by Gasteiger charge is 2.40. The summed E-state index contributed by atoms with van der Waals surface area (Å²) in [5, 5.41) is 0. The summed E-state index contributed by atoms with van der Waals surface area (Å²) in [4.78, 5) is 11.2. The van der Waals surface area contributed by atoms with E-state index in [1.54, 1.807) is 0 Å². The van der Waals surface area contributed by atoms with Gasteiger partial charge in [-0.25, -0.2) is 0 Å². The Kier molecular flexibility index (Phi) is 2.99. The number of rotatable bonds is 2. The number of hydrogen-bond acceptors (Lipinski definition) is 4. The van der Waals surface area contributed by atoms with Gasteiger partial charge in [-0.1, -0.05) is 0 Å². The van der Waals surface area contributed by atoms with Crippen molar-refractivity contribution in [2.75, 3.05) is 5.75 Å². The first-order valence-corrected chi connectivity index (χ1v) is 5.07. The molecule has 0 bridgehead atoms. The van der Waals surface area contributed by atoms with Gasteiger partial charge in [0.15, 0.2) is 0 Å². The third-order valence-electron chi connectivity index (χ3n) is 2.10. The smallest absolute Gasteiger partial charge is 0.310 e. The summed E-state index contributed by atoms with van der Waals surface area (Å²) in [5.74, 6) is 0.404. The normalized spacial score (nSPS) is 30.5. The number of thiol groups is 2. The number of carbonyl (C=O) groups excluding carboxylic acids is 1. The second-order valence-corrected chi connectivity index (χ2v) is 5.21. The Morgan fingerprint density at radius 2 is 2.25 bits per heavy atom. The zero-order valence-corrected chi connectivity index (χ0v) is 9.07. The lowest BCUT2D eigenvalue weighted by molar-refractivity contribution is -0.144. The second kappa shape index (κ2) is 3.50. The number of ether oxygens (including phenoxy) is 1. The summed E-state index contributed by atoms with van der Waals surface area (Å²) in [6, 6.07) is 0. The summed E-state index contributed by atoms with van der Waals surface area (Å²) in [6.45, 7) is 3.91. The quantitative estimate of drug-likeness (QED) is 0.530. The molecule has 0 aromatic carbocycles. The molecule has 4 heteroatoms. The van der Waals surface area contributed by atoms with Gasteiger partial charge in [-0.05, 0) is 20.3 Å². The molecule has 1 aliphatic heterocycles. The molecule has 0 radical (unpaired) electrons. The first-order chi connectivity index (χ1) is 5.45. The van der Waals surface area contributed by atoms with Crippen molar-refractivity contribution in [3.63, 3.8) is 0 Å². The SMILES string of the molecule is CC(C)(S)C1CC(CS)C(=O)O1. The molecule has 0 saturated carbocycles. The summed E-state index contributed by atoms with van der Waals surface area (Å²) >= 11 is 8.45. The minimum Gasteiger partial charge on any atom is -0.461 e. The molecule has 0 aromatic heterocycles. The number of hydrogen-bond donors (Lipinski definition) is 2. The van der Waals surface area contributed by atoms with Gasteiger partial charge in [0.1, 0.15) is 6.10 Å². The molecule has 1 heterocycles. The van der Waals surface area contributed by atoms with Crippen LogP contribution in [0.4, 0.5) is 0 Å². The molecule has 0 N–H and O–H groups in total. The van der Waals surface area contributed by atoms with Crippen molar-refractivity contribution in [3.05, 3.63) is 0 Å². The van der Waals surface area contributed by atoms with Crippen LogP contribution in [0, 0.1) is 5.92 Å². The monoisotopic (exact) mass is 206 g/mol. The van der Waals surface area contributed by atoms with Crippen LogP contribution in [0.3, 0.4) is 0 Å². The largest absolute Gasteiger partial charge is 0.461 e. The van der Waals surface area contributed by atoms with Crippen LogP contribution in [-0.2, 0) is 9.53 Å². The maximum absolute atomic E-state index is 11.2. The lowest BCUT2D eigenvalue weighted by Crippen LogP contribution is -2.30. The molecule has 1 aliphatic rings. The average molecular weight is 206 g/mol. The fourth-order valence-electron chi connectivity index (χ4n) is 1.22. The Morgan fingerprint density at radius 1 is 1.67 bits per heavy atom. The highest BCUT2D eigenvalue weighted by Crippen LogP contribution is 2.32. The lowest BCUT2D eigenvalue weighted by atomic mass is 9.99. The van der Waals surface area contributed by atoms with Gasteiger partial charge < -0.3 is 4.74 Å². The van der Waals surface area contributed by atoms with Crippen molar-refractivity contribution in [2.24, 2.45) is 5.92 Å². The van der Waals surface area contributed by atoms with E-state index in [-0.39, 0.29) is 22.7 Å². The molecule has 2 unspecified atom stereocenters. The topological polar surface area (TPSA) is 26.3 Å². The van der Waals surface area contributed by atoms with E-state index in [0.717, 1.165) is 6.42 Å². The zero-order valence-electron chi connectivity index (χ0n) is 7.28. The van der Waals surface area contributed by atoms with E-state index in [9.17, 15) is 4.79 Å². The van der Waals surface area contributed by atoms with Crippen molar-refractivity contribution in [1.29, 1.82) is 0 Å². The third kappa shape index (κ3) is 2.10. The van der Waals surface area contributed by atoms with E-state index in [0.29, 0.717) is 5.75 Å². The van der Waals surface area contributed by atoms with E-state index < -0.39 is 0 Å². The fraction of sp³-hybridized carbons (Fsp3) is 0.875. The molecule has 0 aliphatic carbocycles. The van der Waals surface area contributed by atoms with E-state index in [2.05, 4.69) is 25.3 Å². The molecular weight excluding hydrogens is 192 g/mol. The van der Waals surface area contributed by atoms with Crippen LogP contribution in [0.5, 0.6) is 0 Å². The van der Waals surface area contributed by atoms with E-state index in [1.807, 2.05) is 13.8 Å². The van der Waals surface area contributed by atoms with Gasteiger partial charge in [0.05, 0.1) is 5.92 Å². The van der Waals surface area contributed by atoms with Gasteiger partial charge in [-0.2, -0.15) is 25.3 Å². The predicted molar refractivity (Wildman–Crippen MR) is 54.9 cm³/mol. The van der Waals surface area contributed by atoms with E-state index in [1.165, 1.54) is 0 Å². The molecule has 12 heavy (non-hydrogen) atoms. The minimum absolute atomic E-state index is 0.0373. The van der Waals surface area contributed by atoms with Crippen LogP contribution >= 0.6 is 25.3 Å². The van der Waals surface area contributed by atoms with E-state index in [4.69, 9.17) is 4.74 Å². The molecular formula is C8H14O2S2. The van der Waals surface area contributed by atoms with Crippen molar-refractivity contribution in [1.82, 2.24) is 0 Å². The van der Waals surface area contributed by atoms with Gasteiger partial charge in [-0.3, -0.25) is 4.79 Å². The van der Waals surface area contributed by atoms with Crippen LogP contribution < -0.4 is 0 Å². The Labute approximate surface area is 83.9 Å². The zero-order chi connectivity index (χ0) is 9.35. The Bertz CT molecular complexity index is 186. The van der Waals surface area contributed by atoms with Crippen LogP contribution in [0.1, 0.15) is 20.3 Å². The van der Waals surface area contributed by atoms with Crippen molar-refractivity contribution in [2.45, 2.75) is 31.1 Å². The maximum Gasteiger partial charge on any atom is 0.310 e. The molecule has 2 atom stereocenters. The predicted octanol–water partition coefficient (Wildman–Crippen LogP) is 1.56. The van der Waals surface area contributed by atoms with Crippen LogP contribution in [0.2, 0.25) is 0 Å². The van der Waals surface area contributed by atoms with Crippen LogP contribution in [0.25, 0.3) is 0 Å². The van der Waals surface area contributed by atoms with Crippen LogP contribution in [-0.4, -0.2) is 22.6 Å². The second-order valence-electron chi connectivity index (χ2n) is 3.69. The molecule has 0 spiro atoms. The standard InChI is InChI=1S/C8H14O2S2/c1-8(2,12)6-3-5(4-11)7(9)10-6/h5-6,11-12H,3-4H2,1-2H3. The van der Waals surface area contributed by atoms with Crippen molar-refractivity contribution in [3.8, 4) is 0 Å². The molecule has 1 rings (SSSR count). The Balaban J connectivity index is 2.60. The lowest BCUT2D eigenvalue weighted by Gasteiger charge is -2.23. The van der Waals surface area contributed by atoms with Gasteiger partial charge in [0.2, 0.25) is 0 Å². The van der Waals surface area contributed by atoms with Gasteiger partial charge in [0.25, 0.3) is 0 Å². The Morgan fingerprint density at radius 3 is 2.50 bits per heavy atom. The first-order valence-electron chi connectivity index (χ1n) is 3.99. The van der Waals surface area contributed by atoms with Crippen molar-refractivity contribution >= 4 is 31.2 Å². The summed E-state index contributed by atoms with van der Waals surface area (Å²) in [6.07, 6.45) is 0.684. The summed E-state index contributed by atoms with van der Waals surface area (Å²) in [7, 11) is 0. The average Bonchev–Trinajstić information content (AvgIpc) is 2.29. The Hall–Kier alpha value is 0.170. The van der Waals surface area contributed by atoms with Gasteiger partial charge in [0, 0.05) is 10.5 Å². The van der Waals surface area contributed by atoms with E-state index >= 15 is 0 Å². The number of cyclic esters (lactones) is 1. The van der Waals surface area contributed by atoms with Gasteiger partial charge >= 0.3 is 5.97 Å². The molecule has 70 valence electrons. The molecule has 0 aromatic rings. The third-order valence-corrected chi connectivity index (χ3v) is 2.83. The number of esters is 1. The highest BCUT2D eigenvalue weighted by molar-refractivity contribution is 7.81. The first kappa shape index (κ1) is 10.3. The molecule has 1 fully saturated rings. The molecule has 2 nitrogen and oxygen atoms in total. The summed E-state index contributed by atoms with van der Waals surface area (Å²) < 4.78 is 4.92. The maximum atomic E-state index is 11.2. The van der Waals surface area contributed by atoms with Crippen molar-refractivity contribution < 1.29 is 9.53 Å². The summed E-state index contributed by atoms with van der Waals surface area (Å²) in [5.41, 5.74) is 0.